The fraction of sp³-hybridized carbons (Fsp3) is 0.250. The van der Waals surface area contributed by atoms with Crippen molar-refractivity contribution in [2.24, 2.45) is 5.90 Å². The standard InChI is InChI=1S/C8H11ClN2O/c9-7-3-1-2-4-8(7)11-5-6-12-10/h1-4,11H,5-6,10H2. The van der Waals surface area contributed by atoms with E-state index in [2.05, 4.69) is 10.2 Å². The molecule has 3 nitrogen and oxygen atoms in total. The van der Waals surface area contributed by atoms with Crippen LogP contribution in [0, 0.1) is 0 Å². The minimum Gasteiger partial charge on any atom is -0.381 e. The largest absolute Gasteiger partial charge is 0.381 e. The lowest BCUT2D eigenvalue weighted by Crippen LogP contribution is -2.12. The lowest BCUT2D eigenvalue weighted by Gasteiger charge is -2.06. The van der Waals surface area contributed by atoms with Crippen LogP contribution in [0.15, 0.2) is 24.3 Å². The zero-order valence-corrected chi connectivity index (χ0v) is 7.34. The van der Waals surface area contributed by atoms with E-state index in [9.17, 15) is 0 Å². The summed E-state index contributed by atoms with van der Waals surface area (Å²) in [7, 11) is 0. The Morgan fingerprint density at radius 3 is 2.83 bits per heavy atom. The van der Waals surface area contributed by atoms with Gasteiger partial charge in [-0.3, -0.25) is 0 Å². The number of anilines is 1. The summed E-state index contributed by atoms with van der Waals surface area (Å²) in [6, 6.07) is 7.52. The number of rotatable bonds is 4. The molecule has 0 atom stereocenters. The second-order valence-electron chi connectivity index (χ2n) is 2.28. The molecule has 0 aliphatic carbocycles. The highest BCUT2D eigenvalue weighted by molar-refractivity contribution is 6.33. The summed E-state index contributed by atoms with van der Waals surface area (Å²) in [4.78, 5) is 4.40. The first kappa shape index (κ1) is 9.32. The summed E-state index contributed by atoms with van der Waals surface area (Å²) in [6.45, 7) is 1.12. The van der Waals surface area contributed by atoms with Crippen LogP contribution >= 0.6 is 11.6 Å². The Kier molecular flexibility index (Phi) is 3.87. The number of nitrogens with one attached hydrogen (secondary N) is 1. The molecule has 0 aromatic heterocycles. The van der Waals surface area contributed by atoms with Crippen LogP contribution in [-0.4, -0.2) is 13.2 Å². The highest BCUT2D eigenvalue weighted by Crippen LogP contribution is 2.19. The number of hydrogen-bond donors (Lipinski definition) is 2. The highest BCUT2D eigenvalue weighted by atomic mass is 35.5. The Morgan fingerprint density at radius 2 is 2.17 bits per heavy atom. The number of hydrogen-bond acceptors (Lipinski definition) is 3. The number of halogens is 1. The average Bonchev–Trinajstić information content (AvgIpc) is 2.09. The molecule has 0 saturated carbocycles. The first-order valence-electron chi connectivity index (χ1n) is 3.64. The summed E-state index contributed by atoms with van der Waals surface area (Å²) < 4.78 is 0. The molecular formula is C8H11ClN2O. The van der Waals surface area contributed by atoms with Crippen LogP contribution in [0.2, 0.25) is 5.02 Å². The third-order valence-corrected chi connectivity index (χ3v) is 1.74. The molecule has 1 aromatic carbocycles. The van der Waals surface area contributed by atoms with Crippen LogP contribution in [0.4, 0.5) is 5.69 Å². The molecule has 0 radical (unpaired) electrons. The van der Waals surface area contributed by atoms with E-state index in [0.29, 0.717) is 18.2 Å². The molecule has 0 heterocycles. The third kappa shape index (κ3) is 2.70. The summed E-state index contributed by atoms with van der Waals surface area (Å²) >= 11 is 5.87. The predicted molar refractivity (Wildman–Crippen MR) is 50.1 cm³/mol. The van der Waals surface area contributed by atoms with Gasteiger partial charge in [-0.1, -0.05) is 23.7 Å². The van der Waals surface area contributed by atoms with Crippen molar-refractivity contribution >= 4 is 17.3 Å². The molecule has 0 amide bonds. The minimum atomic E-state index is 0.464. The minimum absolute atomic E-state index is 0.464. The highest BCUT2D eigenvalue weighted by Gasteiger charge is 1.95. The van der Waals surface area contributed by atoms with Gasteiger partial charge in [0.05, 0.1) is 17.3 Å². The van der Waals surface area contributed by atoms with Crippen LogP contribution < -0.4 is 11.2 Å². The zero-order valence-electron chi connectivity index (χ0n) is 6.59. The van der Waals surface area contributed by atoms with Gasteiger partial charge in [-0.25, -0.2) is 5.90 Å². The monoisotopic (exact) mass is 186 g/mol. The fourth-order valence-electron chi connectivity index (χ4n) is 0.849. The Balaban J connectivity index is 2.46. The van der Waals surface area contributed by atoms with E-state index in [4.69, 9.17) is 17.5 Å². The molecule has 0 aliphatic rings. The summed E-state index contributed by atoms with van der Waals surface area (Å²) in [5, 5.41) is 3.78. The Bertz CT molecular complexity index is 242. The average molecular weight is 187 g/mol. The van der Waals surface area contributed by atoms with Gasteiger partial charge in [-0.05, 0) is 12.1 Å². The van der Waals surface area contributed by atoms with Crippen molar-refractivity contribution in [2.75, 3.05) is 18.5 Å². The van der Waals surface area contributed by atoms with Crippen LogP contribution in [0.3, 0.4) is 0 Å². The smallest absolute Gasteiger partial charge is 0.0851 e. The van der Waals surface area contributed by atoms with Gasteiger partial charge >= 0.3 is 0 Å². The molecular weight excluding hydrogens is 176 g/mol. The molecule has 0 bridgehead atoms. The number of nitrogens with two attached hydrogens (primary N) is 1. The van der Waals surface area contributed by atoms with Crippen molar-refractivity contribution in [3.63, 3.8) is 0 Å². The predicted octanol–water partition coefficient (Wildman–Crippen LogP) is 1.64. The molecule has 0 spiro atoms. The van der Waals surface area contributed by atoms with E-state index in [1.807, 2.05) is 24.3 Å². The Morgan fingerprint density at radius 1 is 1.42 bits per heavy atom. The topological polar surface area (TPSA) is 47.3 Å². The summed E-state index contributed by atoms with van der Waals surface area (Å²) in [5.74, 6) is 4.86. The van der Waals surface area contributed by atoms with E-state index < -0.39 is 0 Å². The quantitative estimate of drug-likeness (QED) is 0.555. The second-order valence-corrected chi connectivity index (χ2v) is 2.68. The maximum absolute atomic E-state index is 5.87. The number of benzene rings is 1. The molecule has 0 unspecified atom stereocenters. The molecule has 1 aromatic rings. The first-order valence-corrected chi connectivity index (χ1v) is 4.02. The lowest BCUT2D eigenvalue weighted by atomic mass is 10.3. The fourth-order valence-corrected chi connectivity index (χ4v) is 1.05. The van der Waals surface area contributed by atoms with E-state index >= 15 is 0 Å². The van der Waals surface area contributed by atoms with Gasteiger partial charge in [-0.15, -0.1) is 0 Å². The molecule has 4 heteroatoms. The van der Waals surface area contributed by atoms with Crippen molar-refractivity contribution in [2.45, 2.75) is 0 Å². The van der Waals surface area contributed by atoms with Crippen LogP contribution in [0.1, 0.15) is 0 Å². The van der Waals surface area contributed by atoms with Crippen molar-refractivity contribution in [3.8, 4) is 0 Å². The third-order valence-electron chi connectivity index (χ3n) is 1.41. The van der Waals surface area contributed by atoms with Crippen LogP contribution in [-0.2, 0) is 4.84 Å². The molecule has 66 valence electrons. The van der Waals surface area contributed by atoms with Crippen LogP contribution in [0.5, 0.6) is 0 Å². The molecule has 3 N–H and O–H groups in total. The van der Waals surface area contributed by atoms with E-state index in [0.717, 1.165) is 5.69 Å². The molecule has 12 heavy (non-hydrogen) atoms. The molecule has 0 aliphatic heterocycles. The SMILES string of the molecule is NOCCNc1ccccc1Cl. The van der Waals surface area contributed by atoms with Gasteiger partial charge in [-0.2, -0.15) is 0 Å². The van der Waals surface area contributed by atoms with Crippen molar-refractivity contribution in [1.82, 2.24) is 0 Å². The Hall–Kier alpha value is -0.770. The van der Waals surface area contributed by atoms with E-state index in [1.54, 1.807) is 0 Å². The van der Waals surface area contributed by atoms with Gasteiger partial charge in [0.15, 0.2) is 0 Å². The second kappa shape index (κ2) is 4.98. The van der Waals surface area contributed by atoms with Gasteiger partial charge in [0.2, 0.25) is 0 Å². The normalized spacial score (nSPS) is 9.83. The summed E-state index contributed by atoms with van der Waals surface area (Å²) in [6.07, 6.45) is 0. The van der Waals surface area contributed by atoms with Gasteiger partial charge < -0.3 is 10.2 Å². The van der Waals surface area contributed by atoms with Gasteiger partial charge in [0.25, 0.3) is 0 Å². The molecule has 0 fully saturated rings. The van der Waals surface area contributed by atoms with Gasteiger partial charge in [0.1, 0.15) is 0 Å². The zero-order chi connectivity index (χ0) is 8.81. The van der Waals surface area contributed by atoms with Gasteiger partial charge in [0, 0.05) is 6.54 Å². The molecule has 0 saturated heterocycles. The van der Waals surface area contributed by atoms with Crippen LogP contribution in [0.25, 0.3) is 0 Å². The maximum Gasteiger partial charge on any atom is 0.0851 e. The Labute approximate surface area is 76.4 Å². The number of para-hydroxylation sites is 1. The lowest BCUT2D eigenvalue weighted by molar-refractivity contribution is 0.148. The van der Waals surface area contributed by atoms with E-state index in [-0.39, 0.29) is 0 Å². The van der Waals surface area contributed by atoms with Crippen molar-refractivity contribution < 1.29 is 4.84 Å². The van der Waals surface area contributed by atoms with Crippen molar-refractivity contribution in [1.29, 1.82) is 0 Å². The van der Waals surface area contributed by atoms with Crippen molar-refractivity contribution in [3.05, 3.63) is 29.3 Å². The maximum atomic E-state index is 5.87. The first-order chi connectivity index (χ1) is 5.84. The summed E-state index contributed by atoms with van der Waals surface area (Å²) in [5.41, 5.74) is 0.899. The van der Waals surface area contributed by atoms with E-state index in [1.165, 1.54) is 0 Å². The molecule has 1 rings (SSSR count).